The molecule has 3 heterocycles. The number of ether oxygens (including phenoxy) is 1. The Morgan fingerprint density at radius 1 is 1.14 bits per heavy atom. The Bertz CT molecular complexity index is 1050. The van der Waals surface area contributed by atoms with Gasteiger partial charge >= 0.3 is 0 Å². The predicted octanol–water partition coefficient (Wildman–Crippen LogP) is 2.10. The molecule has 6 nitrogen and oxygen atoms in total. The number of fused-ring (bicyclic) bond motifs is 4. The van der Waals surface area contributed by atoms with Crippen LogP contribution in [-0.2, 0) is 16.3 Å². The first kappa shape index (κ1) is 20.2. The van der Waals surface area contributed by atoms with Gasteiger partial charge in [0.25, 0.3) is 5.56 Å². The first-order chi connectivity index (χ1) is 13.8. The molecular weight excluding hydrogens is 388 g/mol. The molecule has 4 rings (SSSR count). The van der Waals surface area contributed by atoms with E-state index in [1.165, 1.54) is 6.26 Å². The summed E-state index contributed by atoms with van der Waals surface area (Å²) in [5.74, 6) is 1.57. The van der Waals surface area contributed by atoms with Crippen LogP contribution in [-0.4, -0.2) is 56.6 Å². The molecular formula is C22H28N2O4S. The molecule has 2 bridgehead atoms. The average molecular weight is 417 g/mol. The fourth-order valence-electron chi connectivity index (χ4n) is 4.92. The molecule has 0 aliphatic carbocycles. The summed E-state index contributed by atoms with van der Waals surface area (Å²) in [6.45, 7) is 2.18. The molecule has 2 aromatic rings. The minimum absolute atomic E-state index is 0.0506. The van der Waals surface area contributed by atoms with Crippen LogP contribution in [0.4, 0.5) is 0 Å². The molecule has 2 aliphatic heterocycles. The molecule has 1 aromatic carbocycles. The van der Waals surface area contributed by atoms with E-state index in [4.69, 9.17) is 4.74 Å². The van der Waals surface area contributed by atoms with Crippen molar-refractivity contribution in [1.82, 2.24) is 9.47 Å². The van der Waals surface area contributed by atoms with Crippen LogP contribution in [0.15, 0.2) is 47.3 Å². The highest BCUT2D eigenvalue weighted by molar-refractivity contribution is 7.90. The SMILES string of the molecule is COc1cccc(C[C@H]2[C@H]3C[C@H](CN(CCS(C)(=O)=O)C3)c3cccc(=O)n32)c1. The number of pyridine rings is 1. The van der Waals surface area contributed by atoms with Gasteiger partial charge in [-0.05, 0) is 42.5 Å². The lowest BCUT2D eigenvalue weighted by Crippen LogP contribution is -2.50. The zero-order chi connectivity index (χ0) is 20.6. The van der Waals surface area contributed by atoms with Crippen molar-refractivity contribution >= 4 is 9.84 Å². The van der Waals surface area contributed by atoms with Gasteiger partial charge < -0.3 is 14.2 Å². The quantitative estimate of drug-likeness (QED) is 0.721. The Kier molecular flexibility index (Phi) is 5.53. The van der Waals surface area contributed by atoms with Crippen LogP contribution in [0.2, 0.25) is 0 Å². The Labute approximate surface area is 172 Å². The van der Waals surface area contributed by atoms with Crippen molar-refractivity contribution in [3.05, 3.63) is 64.1 Å². The van der Waals surface area contributed by atoms with Gasteiger partial charge in [-0.1, -0.05) is 18.2 Å². The van der Waals surface area contributed by atoms with E-state index in [1.807, 2.05) is 28.8 Å². The van der Waals surface area contributed by atoms with Gasteiger partial charge in [0.15, 0.2) is 0 Å². The molecule has 0 unspecified atom stereocenters. The van der Waals surface area contributed by atoms with Gasteiger partial charge in [0, 0.05) is 49.6 Å². The van der Waals surface area contributed by atoms with Gasteiger partial charge in [0.2, 0.25) is 0 Å². The van der Waals surface area contributed by atoms with Crippen molar-refractivity contribution in [3.8, 4) is 5.75 Å². The third-order valence-electron chi connectivity index (χ3n) is 6.23. The number of nitrogens with zero attached hydrogens (tertiary/aromatic N) is 2. The van der Waals surface area contributed by atoms with E-state index >= 15 is 0 Å². The summed E-state index contributed by atoms with van der Waals surface area (Å²) in [6.07, 6.45) is 3.08. The van der Waals surface area contributed by atoms with Gasteiger partial charge in [-0.3, -0.25) is 4.79 Å². The van der Waals surface area contributed by atoms with Gasteiger partial charge in [-0.2, -0.15) is 0 Å². The monoisotopic (exact) mass is 416 g/mol. The van der Waals surface area contributed by atoms with Crippen molar-refractivity contribution in [2.75, 3.05) is 38.8 Å². The number of aromatic nitrogens is 1. The number of sulfone groups is 1. The maximum atomic E-state index is 12.8. The fraction of sp³-hybridized carbons (Fsp3) is 0.500. The summed E-state index contributed by atoms with van der Waals surface area (Å²) < 4.78 is 30.6. The number of methoxy groups -OCH3 is 1. The highest BCUT2D eigenvalue weighted by atomic mass is 32.2. The molecule has 7 heteroatoms. The summed E-state index contributed by atoms with van der Waals surface area (Å²) in [5, 5.41) is 0. The summed E-state index contributed by atoms with van der Waals surface area (Å²) in [4.78, 5) is 15.1. The molecule has 0 saturated carbocycles. The molecule has 1 fully saturated rings. The van der Waals surface area contributed by atoms with E-state index in [2.05, 4.69) is 17.0 Å². The Balaban J connectivity index is 1.66. The van der Waals surface area contributed by atoms with Crippen LogP contribution in [0.1, 0.15) is 29.6 Å². The van der Waals surface area contributed by atoms with E-state index in [0.29, 0.717) is 12.5 Å². The normalized spacial score (nSPS) is 24.1. The number of hydrogen-bond acceptors (Lipinski definition) is 5. The van der Waals surface area contributed by atoms with Crippen LogP contribution in [0.3, 0.4) is 0 Å². The molecule has 1 saturated heterocycles. The van der Waals surface area contributed by atoms with Gasteiger partial charge in [-0.25, -0.2) is 8.42 Å². The molecule has 156 valence electrons. The van der Waals surface area contributed by atoms with Gasteiger partial charge in [0.1, 0.15) is 15.6 Å². The maximum absolute atomic E-state index is 12.8. The Morgan fingerprint density at radius 2 is 1.93 bits per heavy atom. The van der Waals surface area contributed by atoms with E-state index in [0.717, 1.165) is 42.9 Å². The van der Waals surface area contributed by atoms with E-state index in [9.17, 15) is 13.2 Å². The minimum atomic E-state index is -2.99. The lowest BCUT2D eigenvalue weighted by atomic mass is 9.76. The van der Waals surface area contributed by atoms with E-state index in [-0.39, 0.29) is 23.3 Å². The van der Waals surface area contributed by atoms with Crippen molar-refractivity contribution in [2.45, 2.75) is 24.8 Å². The highest BCUT2D eigenvalue weighted by Crippen LogP contribution is 2.42. The summed E-state index contributed by atoms with van der Waals surface area (Å²) in [5.41, 5.74) is 2.27. The minimum Gasteiger partial charge on any atom is -0.497 e. The van der Waals surface area contributed by atoms with Crippen molar-refractivity contribution in [1.29, 1.82) is 0 Å². The van der Waals surface area contributed by atoms with Crippen LogP contribution in [0, 0.1) is 5.92 Å². The molecule has 2 aliphatic rings. The number of likely N-dealkylation sites (tertiary alicyclic amines) is 1. The Morgan fingerprint density at radius 3 is 2.69 bits per heavy atom. The maximum Gasteiger partial charge on any atom is 0.251 e. The molecule has 3 atom stereocenters. The zero-order valence-electron chi connectivity index (χ0n) is 17.0. The second-order valence-corrected chi connectivity index (χ2v) is 10.6. The number of piperidine rings is 1. The Hall–Kier alpha value is -2.12. The lowest BCUT2D eigenvalue weighted by Gasteiger charge is -2.47. The van der Waals surface area contributed by atoms with Crippen LogP contribution >= 0.6 is 0 Å². The molecule has 1 aromatic heterocycles. The zero-order valence-corrected chi connectivity index (χ0v) is 17.8. The predicted molar refractivity (Wildman–Crippen MR) is 113 cm³/mol. The largest absolute Gasteiger partial charge is 0.497 e. The topological polar surface area (TPSA) is 68.6 Å². The van der Waals surface area contributed by atoms with Crippen molar-refractivity contribution in [3.63, 3.8) is 0 Å². The average Bonchev–Trinajstić information content (AvgIpc) is 2.69. The van der Waals surface area contributed by atoms with Crippen molar-refractivity contribution in [2.24, 2.45) is 5.92 Å². The smallest absolute Gasteiger partial charge is 0.251 e. The third-order valence-corrected chi connectivity index (χ3v) is 7.16. The summed E-state index contributed by atoms with van der Waals surface area (Å²) in [7, 11) is -1.34. The molecule has 29 heavy (non-hydrogen) atoms. The first-order valence-corrected chi connectivity index (χ1v) is 12.1. The second-order valence-electron chi connectivity index (χ2n) is 8.36. The van der Waals surface area contributed by atoms with Crippen molar-refractivity contribution < 1.29 is 13.2 Å². The number of hydrogen-bond donors (Lipinski definition) is 0. The standard InChI is InChI=1S/C22H28N2O4S/c1-28-19-6-3-5-16(11-19)12-21-18-13-17(20-7-4-8-22(25)24(20)21)14-23(15-18)9-10-29(2,26)27/h3-8,11,17-18,21H,9-10,12-15H2,1-2H3/t17-,18+,21+/m1/s1. The first-order valence-electron chi connectivity index (χ1n) is 10.1. The van der Waals surface area contributed by atoms with Crippen LogP contribution < -0.4 is 10.3 Å². The highest BCUT2D eigenvalue weighted by Gasteiger charge is 2.40. The fourth-order valence-corrected chi connectivity index (χ4v) is 5.51. The van der Waals surface area contributed by atoms with E-state index in [1.54, 1.807) is 13.2 Å². The molecule has 0 amide bonds. The van der Waals surface area contributed by atoms with Gasteiger partial charge in [-0.15, -0.1) is 0 Å². The number of rotatable bonds is 6. The third kappa shape index (κ3) is 4.41. The lowest BCUT2D eigenvalue weighted by molar-refractivity contribution is 0.0950. The van der Waals surface area contributed by atoms with E-state index < -0.39 is 9.84 Å². The number of benzene rings is 1. The molecule has 0 N–H and O–H groups in total. The van der Waals surface area contributed by atoms with Crippen LogP contribution in [0.5, 0.6) is 5.75 Å². The molecule has 0 spiro atoms. The van der Waals surface area contributed by atoms with Crippen LogP contribution in [0.25, 0.3) is 0 Å². The summed E-state index contributed by atoms with van der Waals surface area (Å²) >= 11 is 0. The van der Waals surface area contributed by atoms with Gasteiger partial charge in [0.05, 0.1) is 12.9 Å². The molecule has 0 radical (unpaired) electrons. The summed E-state index contributed by atoms with van der Waals surface area (Å²) in [6, 6.07) is 13.6. The second kappa shape index (κ2) is 7.95.